The van der Waals surface area contributed by atoms with Crippen LogP contribution in [0.3, 0.4) is 0 Å². The average Bonchev–Trinajstić information content (AvgIpc) is 3.01. The van der Waals surface area contributed by atoms with Gasteiger partial charge in [0, 0.05) is 5.70 Å². The van der Waals surface area contributed by atoms with Crippen molar-refractivity contribution in [2.24, 2.45) is 0 Å². The van der Waals surface area contributed by atoms with Crippen LogP contribution in [0.4, 0.5) is 0 Å². The molecule has 1 aliphatic heterocycles. The molecule has 6 heteroatoms. The zero-order chi connectivity index (χ0) is 16.1. The molecule has 0 fully saturated rings. The number of allylic oxidation sites excluding steroid dienone is 1. The Kier molecular flexibility index (Phi) is 5.31. The highest BCUT2D eigenvalue weighted by molar-refractivity contribution is 7.80. The summed E-state index contributed by atoms with van der Waals surface area (Å²) < 4.78 is 10.7. The Morgan fingerprint density at radius 3 is 2.86 bits per heavy atom. The van der Waals surface area contributed by atoms with Crippen LogP contribution in [0.15, 0.2) is 39.7 Å². The molecule has 0 bridgehead atoms. The zero-order valence-electron chi connectivity index (χ0n) is 12.6. The lowest BCUT2D eigenvalue weighted by Crippen LogP contribution is -2.36. The van der Waals surface area contributed by atoms with Crippen LogP contribution in [0.5, 0.6) is 0 Å². The molecule has 1 aromatic rings. The maximum Gasteiger partial charge on any atom is 0.336 e. The molecular formula is C16H18N2O3S. The van der Waals surface area contributed by atoms with Crippen molar-refractivity contribution in [3.63, 3.8) is 0 Å². The lowest BCUT2D eigenvalue weighted by atomic mass is 9.84. The van der Waals surface area contributed by atoms with E-state index < -0.39 is 11.9 Å². The van der Waals surface area contributed by atoms with E-state index in [1.807, 2.05) is 6.92 Å². The van der Waals surface area contributed by atoms with Gasteiger partial charge < -0.3 is 14.5 Å². The third-order valence-corrected chi connectivity index (χ3v) is 3.69. The molecule has 116 valence electrons. The highest BCUT2D eigenvalue weighted by atomic mass is 32.1. The van der Waals surface area contributed by atoms with Crippen LogP contribution in [-0.2, 0) is 9.53 Å². The molecule has 0 saturated carbocycles. The van der Waals surface area contributed by atoms with E-state index in [9.17, 15) is 4.79 Å². The number of ether oxygens (including phenoxy) is 1. The van der Waals surface area contributed by atoms with Gasteiger partial charge in [-0.25, -0.2) is 4.79 Å². The molecule has 0 radical (unpaired) electrons. The lowest BCUT2D eigenvalue weighted by Gasteiger charge is -2.29. The first-order chi connectivity index (χ1) is 10.6. The molecule has 0 saturated heterocycles. The molecule has 1 unspecified atom stereocenters. The van der Waals surface area contributed by atoms with Crippen LogP contribution in [0.25, 0.3) is 0 Å². The monoisotopic (exact) mass is 318 g/mol. The smallest absolute Gasteiger partial charge is 0.336 e. The number of carbonyl (C=O) groups is 1. The number of hydrogen-bond donors (Lipinski definition) is 2. The quantitative estimate of drug-likeness (QED) is 0.378. The minimum Gasteiger partial charge on any atom is -0.468 e. The van der Waals surface area contributed by atoms with Gasteiger partial charge in [-0.05, 0) is 31.3 Å². The predicted octanol–water partition coefficient (Wildman–Crippen LogP) is 3.09. The highest BCUT2D eigenvalue weighted by Gasteiger charge is 2.38. The number of hydrogen-bond acceptors (Lipinski definition) is 5. The second-order valence-corrected chi connectivity index (χ2v) is 5.21. The van der Waals surface area contributed by atoms with Crippen LogP contribution in [0.2, 0.25) is 0 Å². The van der Waals surface area contributed by atoms with Gasteiger partial charge in [0.15, 0.2) is 0 Å². The molecule has 0 aliphatic carbocycles. The van der Waals surface area contributed by atoms with Crippen LogP contribution in [0.1, 0.15) is 38.4 Å². The topological polar surface area (TPSA) is 75.3 Å². The fourth-order valence-electron chi connectivity index (χ4n) is 2.49. The zero-order valence-corrected chi connectivity index (χ0v) is 13.4. The van der Waals surface area contributed by atoms with E-state index in [1.54, 1.807) is 19.1 Å². The van der Waals surface area contributed by atoms with Crippen molar-refractivity contribution >= 4 is 29.0 Å². The van der Waals surface area contributed by atoms with Crippen molar-refractivity contribution in [3.8, 4) is 0 Å². The second-order valence-electron chi connectivity index (χ2n) is 4.80. The number of nitrogens with one attached hydrogen (secondary N) is 2. The third kappa shape index (κ3) is 3.03. The Morgan fingerprint density at radius 1 is 1.55 bits per heavy atom. The van der Waals surface area contributed by atoms with Gasteiger partial charge in [-0.1, -0.05) is 25.6 Å². The van der Waals surface area contributed by atoms with Gasteiger partial charge in [0.2, 0.25) is 0 Å². The second kappa shape index (κ2) is 7.20. The number of carbonyl (C=O) groups excluding carboxylic acids is 1. The largest absolute Gasteiger partial charge is 0.468 e. The summed E-state index contributed by atoms with van der Waals surface area (Å²) >= 11 is 5.31. The molecule has 1 atom stereocenters. The predicted molar refractivity (Wildman–Crippen MR) is 87.0 cm³/mol. The van der Waals surface area contributed by atoms with E-state index in [0.29, 0.717) is 28.3 Å². The van der Waals surface area contributed by atoms with E-state index >= 15 is 0 Å². The Balaban J connectivity index is 2.63. The molecule has 0 aromatic carbocycles. The number of thiocarbonyl (C=S) groups is 1. The summed E-state index contributed by atoms with van der Waals surface area (Å²) in [6.45, 7) is 4.05. The van der Waals surface area contributed by atoms with Crippen molar-refractivity contribution in [1.82, 2.24) is 5.32 Å². The molecular weight excluding hydrogens is 300 g/mol. The Morgan fingerprint density at radius 2 is 2.32 bits per heavy atom. The van der Waals surface area contributed by atoms with Crippen molar-refractivity contribution in [3.05, 3.63) is 41.0 Å². The third-order valence-electron chi connectivity index (χ3n) is 3.37. The van der Waals surface area contributed by atoms with Gasteiger partial charge in [-0.2, -0.15) is 0 Å². The first-order valence-electron chi connectivity index (χ1n) is 7.18. The van der Waals surface area contributed by atoms with Gasteiger partial charge in [-0.15, -0.1) is 0 Å². The number of furan rings is 1. The maximum atomic E-state index is 12.4. The molecule has 2 heterocycles. The minimum absolute atomic E-state index is 0.278. The van der Waals surface area contributed by atoms with E-state index in [0.717, 1.165) is 12.1 Å². The summed E-state index contributed by atoms with van der Waals surface area (Å²) in [7, 11) is 0. The highest BCUT2D eigenvalue weighted by Crippen LogP contribution is 2.37. The van der Waals surface area contributed by atoms with Crippen LogP contribution >= 0.6 is 12.2 Å². The molecule has 2 rings (SSSR count). The summed E-state index contributed by atoms with van der Waals surface area (Å²) in [6.07, 6.45) is 3.05. The van der Waals surface area contributed by atoms with Crippen LogP contribution < -0.4 is 5.32 Å². The molecule has 0 spiro atoms. The SMILES string of the molecule is CCCC1=C(C(=O)OCC)C(c2ccco2)C(=C=N)C(=S)N1. The van der Waals surface area contributed by atoms with Gasteiger partial charge in [0.25, 0.3) is 0 Å². The van der Waals surface area contributed by atoms with Crippen molar-refractivity contribution in [2.75, 3.05) is 6.61 Å². The van der Waals surface area contributed by atoms with Gasteiger partial charge in [0.1, 0.15) is 10.7 Å². The molecule has 1 aromatic heterocycles. The standard InChI is InChI=1S/C16H18N2O3S/c1-3-6-11-14(16(19)20-4-2)13(12-7-5-8-21-12)10(9-17)15(22)18-11/h5,7-8,13,17H,3-4,6H2,1-2H3,(H,18,22). The normalized spacial score (nSPS) is 18.0. The Labute approximate surface area is 134 Å². The first-order valence-corrected chi connectivity index (χ1v) is 7.59. The fourth-order valence-corrected chi connectivity index (χ4v) is 2.78. The van der Waals surface area contributed by atoms with Crippen molar-refractivity contribution < 1.29 is 13.9 Å². The molecule has 0 amide bonds. The molecule has 1 aliphatic rings. The summed E-state index contributed by atoms with van der Waals surface area (Å²) in [5.74, 6) is 1.92. The Bertz CT molecular complexity index is 655. The van der Waals surface area contributed by atoms with E-state index in [1.165, 1.54) is 6.26 Å². The molecule has 2 N–H and O–H groups in total. The summed E-state index contributed by atoms with van der Waals surface area (Å²) in [6, 6.07) is 3.50. The van der Waals surface area contributed by atoms with Crippen LogP contribution in [0, 0.1) is 5.41 Å². The number of esters is 1. The fraction of sp³-hybridized carbons (Fsp3) is 0.375. The average molecular weight is 318 g/mol. The minimum atomic E-state index is -0.554. The van der Waals surface area contributed by atoms with E-state index in [-0.39, 0.29) is 6.61 Å². The summed E-state index contributed by atoms with van der Waals surface area (Å²) in [5, 5.41) is 10.6. The summed E-state index contributed by atoms with van der Waals surface area (Å²) in [5.41, 5.74) is 1.58. The van der Waals surface area contributed by atoms with Gasteiger partial charge >= 0.3 is 5.97 Å². The van der Waals surface area contributed by atoms with E-state index in [2.05, 4.69) is 11.2 Å². The molecule has 22 heavy (non-hydrogen) atoms. The first kappa shape index (κ1) is 16.2. The Hall–Kier alpha value is -2.17. The van der Waals surface area contributed by atoms with Crippen molar-refractivity contribution in [2.45, 2.75) is 32.6 Å². The van der Waals surface area contributed by atoms with Gasteiger partial charge in [-0.3, -0.25) is 5.41 Å². The molecule has 5 nitrogen and oxygen atoms in total. The lowest BCUT2D eigenvalue weighted by molar-refractivity contribution is -0.138. The van der Waals surface area contributed by atoms with Crippen molar-refractivity contribution in [1.29, 1.82) is 5.41 Å². The summed E-state index contributed by atoms with van der Waals surface area (Å²) in [4.78, 5) is 12.8. The van der Waals surface area contributed by atoms with Crippen LogP contribution in [-0.4, -0.2) is 23.4 Å². The van der Waals surface area contributed by atoms with E-state index in [4.69, 9.17) is 26.8 Å². The van der Waals surface area contributed by atoms with Gasteiger partial charge in [0.05, 0.1) is 29.9 Å². The maximum absolute atomic E-state index is 12.4. The number of rotatable bonds is 5.